The highest BCUT2D eigenvalue weighted by Crippen LogP contribution is 2.24. The lowest BCUT2D eigenvalue weighted by molar-refractivity contribution is 0.0511. The van der Waals surface area contributed by atoms with Gasteiger partial charge in [-0.15, -0.1) is 0 Å². The van der Waals surface area contributed by atoms with Crippen LogP contribution in [0.4, 0.5) is 0 Å². The second-order valence-electron chi connectivity index (χ2n) is 4.57. The largest absolute Gasteiger partial charge is 0.374 e. The second kappa shape index (κ2) is 6.29. The molecule has 106 valence electrons. The summed E-state index contributed by atoms with van der Waals surface area (Å²) in [5.74, 6) is -0.605. The molecule has 0 spiro atoms. The zero-order valence-corrected chi connectivity index (χ0v) is 11.6. The lowest BCUT2D eigenvalue weighted by Crippen LogP contribution is -2.13. The molecule has 1 atom stereocenters. The minimum Gasteiger partial charge on any atom is -0.374 e. The van der Waals surface area contributed by atoms with Crippen LogP contribution in [-0.2, 0) is 11.3 Å². The molecule has 1 amide bonds. The Hall–Kier alpha value is -2.21. The van der Waals surface area contributed by atoms with E-state index >= 15 is 0 Å². The molecular weight excluding hydrogens is 256 g/mol. The van der Waals surface area contributed by atoms with Crippen LogP contribution in [0.3, 0.4) is 0 Å². The standard InChI is InChI=1S/C14H18N4O2/c1-3-9(2)20-8-10-6-4-5-7-11(10)12-13(14(15)19)17-18-16-12/h4-7,9H,3,8H2,1-2H3,(H2,15,19)(H,16,17,18). The van der Waals surface area contributed by atoms with Crippen molar-refractivity contribution in [2.45, 2.75) is 33.0 Å². The predicted molar refractivity (Wildman–Crippen MR) is 74.9 cm³/mol. The van der Waals surface area contributed by atoms with Crippen molar-refractivity contribution in [3.8, 4) is 11.3 Å². The number of benzene rings is 1. The normalized spacial score (nSPS) is 12.3. The maximum absolute atomic E-state index is 11.3. The molecule has 3 N–H and O–H groups in total. The number of aromatic nitrogens is 3. The first-order chi connectivity index (χ1) is 9.63. The van der Waals surface area contributed by atoms with E-state index in [0.29, 0.717) is 12.3 Å². The Bertz CT molecular complexity index is 594. The van der Waals surface area contributed by atoms with Gasteiger partial charge in [-0.2, -0.15) is 15.4 Å². The van der Waals surface area contributed by atoms with E-state index in [4.69, 9.17) is 10.5 Å². The Morgan fingerprint density at radius 2 is 2.15 bits per heavy atom. The first kappa shape index (κ1) is 14.2. The third-order valence-electron chi connectivity index (χ3n) is 3.15. The number of primary amides is 1. The Kier molecular flexibility index (Phi) is 4.47. The van der Waals surface area contributed by atoms with E-state index in [9.17, 15) is 4.79 Å². The summed E-state index contributed by atoms with van der Waals surface area (Å²) < 4.78 is 5.74. The average Bonchev–Trinajstić information content (AvgIpc) is 2.94. The fraction of sp³-hybridized carbons (Fsp3) is 0.357. The fourth-order valence-corrected chi connectivity index (χ4v) is 1.82. The number of amides is 1. The van der Waals surface area contributed by atoms with E-state index in [1.807, 2.05) is 31.2 Å². The number of nitrogens with one attached hydrogen (secondary N) is 1. The molecule has 20 heavy (non-hydrogen) atoms. The van der Waals surface area contributed by atoms with E-state index in [-0.39, 0.29) is 11.8 Å². The lowest BCUT2D eigenvalue weighted by atomic mass is 10.0. The smallest absolute Gasteiger partial charge is 0.271 e. The minimum absolute atomic E-state index is 0.140. The van der Waals surface area contributed by atoms with Crippen molar-refractivity contribution in [2.75, 3.05) is 0 Å². The van der Waals surface area contributed by atoms with Crippen LogP contribution in [0.2, 0.25) is 0 Å². The second-order valence-corrected chi connectivity index (χ2v) is 4.57. The van der Waals surface area contributed by atoms with E-state index in [0.717, 1.165) is 17.5 Å². The van der Waals surface area contributed by atoms with Crippen LogP contribution < -0.4 is 5.73 Å². The number of aromatic amines is 1. The van der Waals surface area contributed by atoms with Gasteiger partial charge in [0.15, 0.2) is 5.69 Å². The predicted octanol–water partition coefficient (Wildman–Crippen LogP) is 1.89. The monoisotopic (exact) mass is 274 g/mol. The number of carbonyl (C=O) groups is 1. The molecule has 6 heteroatoms. The topological polar surface area (TPSA) is 93.9 Å². The molecule has 1 heterocycles. The van der Waals surface area contributed by atoms with Crippen molar-refractivity contribution in [1.29, 1.82) is 0 Å². The molecule has 0 radical (unpaired) electrons. The Morgan fingerprint density at radius 3 is 2.85 bits per heavy atom. The molecule has 0 saturated heterocycles. The summed E-state index contributed by atoms with van der Waals surface area (Å²) in [6.07, 6.45) is 1.12. The van der Waals surface area contributed by atoms with Crippen molar-refractivity contribution in [3.63, 3.8) is 0 Å². The van der Waals surface area contributed by atoms with Crippen molar-refractivity contribution in [2.24, 2.45) is 5.73 Å². The molecule has 0 aliphatic heterocycles. The van der Waals surface area contributed by atoms with Crippen LogP contribution in [0.15, 0.2) is 24.3 Å². The molecule has 2 aromatic rings. The molecular formula is C14H18N4O2. The van der Waals surface area contributed by atoms with E-state index < -0.39 is 5.91 Å². The average molecular weight is 274 g/mol. The third kappa shape index (κ3) is 3.03. The highest BCUT2D eigenvalue weighted by molar-refractivity contribution is 5.96. The van der Waals surface area contributed by atoms with Gasteiger partial charge < -0.3 is 10.5 Å². The van der Waals surface area contributed by atoms with Gasteiger partial charge in [0.2, 0.25) is 0 Å². The Labute approximate surface area is 117 Å². The summed E-state index contributed by atoms with van der Waals surface area (Å²) in [6, 6.07) is 7.61. The first-order valence-electron chi connectivity index (χ1n) is 6.54. The first-order valence-corrected chi connectivity index (χ1v) is 6.54. The number of nitrogens with zero attached hydrogens (tertiary/aromatic N) is 2. The number of ether oxygens (including phenoxy) is 1. The van der Waals surface area contributed by atoms with Crippen molar-refractivity contribution < 1.29 is 9.53 Å². The van der Waals surface area contributed by atoms with Crippen molar-refractivity contribution >= 4 is 5.91 Å². The molecule has 0 aliphatic carbocycles. The molecule has 1 aromatic carbocycles. The SMILES string of the molecule is CCC(C)OCc1ccccc1-c1n[nH]nc1C(N)=O. The third-order valence-corrected chi connectivity index (χ3v) is 3.15. The van der Waals surface area contributed by atoms with Gasteiger partial charge in [0, 0.05) is 5.56 Å². The van der Waals surface area contributed by atoms with Crippen molar-refractivity contribution in [3.05, 3.63) is 35.5 Å². The molecule has 0 bridgehead atoms. The van der Waals surface area contributed by atoms with E-state index in [1.165, 1.54) is 0 Å². The summed E-state index contributed by atoms with van der Waals surface area (Å²) in [5, 5.41) is 10.3. The number of hydrogen-bond acceptors (Lipinski definition) is 4. The number of carbonyl (C=O) groups excluding carboxylic acids is 1. The quantitative estimate of drug-likeness (QED) is 0.841. The Balaban J connectivity index is 2.32. The van der Waals surface area contributed by atoms with Crippen LogP contribution in [0.25, 0.3) is 11.3 Å². The van der Waals surface area contributed by atoms with Crippen molar-refractivity contribution in [1.82, 2.24) is 15.4 Å². The molecule has 1 unspecified atom stereocenters. The van der Waals surface area contributed by atoms with Gasteiger partial charge in [-0.1, -0.05) is 31.2 Å². The number of rotatable bonds is 6. The van der Waals surface area contributed by atoms with E-state index in [2.05, 4.69) is 22.3 Å². The van der Waals surface area contributed by atoms with Crippen LogP contribution in [-0.4, -0.2) is 27.4 Å². The van der Waals surface area contributed by atoms with Gasteiger partial charge in [0.25, 0.3) is 5.91 Å². The van der Waals surface area contributed by atoms with Crippen LogP contribution in [0, 0.1) is 0 Å². The lowest BCUT2D eigenvalue weighted by Gasteiger charge is -2.13. The highest BCUT2D eigenvalue weighted by Gasteiger charge is 2.17. The molecule has 0 aliphatic rings. The molecule has 0 saturated carbocycles. The molecule has 2 rings (SSSR count). The van der Waals surface area contributed by atoms with Gasteiger partial charge in [-0.3, -0.25) is 4.79 Å². The summed E-state index contributed by atoms with van der Waals surface area (Å²) in [4.78, 5) is 11.3. The van der Waals surface area contributed by atoms with Gasteiger partial charge in [0.1, 0.15) is 5.69 Å². The zero-order valence-electron chi connectivity index (χ0n) is 11.6. The van der Waals surface area contributed by atoms with Gasteiger partial charge in [-0.05, 0) is 18.9 Å². The highest BCUT2D eigenvalue weighted by atomic mass is 16.5. The molecule has 0 fully saturated rings. The Morgan fingerprint density at radius 1 is 1.40 bits per heavy atom. The summed E-state index contributed by atoms with van der Waals surface area (Å²) in [5.41, 5.74) is 7.65. The van der Waals surface area contributed by atoms with E-state index in [1.54, 1.807) is 0 Å². The van der Waals surface area contributed by atoms with Gasteiger partial charge in [0.05, 0.1) is 12.7 Å². The fourth-order valence-electron chi connectivity index (χ4n) is 1.82. The van der Waals surface area contributed by atoms with Gasteiger partial charge in [-0.25, -0.2) is 0 Å². The number of hydrogen-bond donors (Lipinski definition) is 2. The summed E-state index contributed by atoms with van der Waals surface area (Å²) in [7, 11) is 0. The maximum Gasteiger partial charge on any atom is 0.271 e. The van der Waals surface area contributed by atoms with Crippen LogP contribution in [0.5, 0.6) is 0 Å². The van der Waals surface area contributed by atoms with Crippen LogP contribution in [0.1, 0.15) is 36.3 Å². The maximum atomic E-state index is 11.3. The van der Waals surface area contributed by atoms with Gasteiger partial charge >= 0.3 is 0 Å². The number of H-pyrrole nitrogens is 1. The molecule has 6 nitrogen and oxygen atoms in total. The minimum atomic E-state index is -0.605. The molecule has 1 aromatic heterocycles. The number of nitrogens with two attached hydrogens (primary N) is 1. The zero-order chi connectivity index (χ0) is 14.5. The summed E-state index contributed by atoms with van der Waals surface area (Å²) >= 11 is 0. The summed E-state index contributed by atoms with van der Waals surface area (Å²) in [6.45, 7) is 4.54. The van der Waals surface area contributed by atoms with Crippen LogP contribution >= 0.6 is 0 Å².